The van der Waals surface area contributed by atoms with Gasteiger partial charge in [-0.2, -0.15) is 0 Å². The maximum absolute atomic E-state index is 12.7. The van der Waals surface area contributed by atoms with Crippen LogP contribution in [0.4, 0.5) is 5.69 Å². The fraction of sp³-hybridized carbons (Fsp3) is 0.316. The summed E-state index contributed by atoms with van der Waals surface area (Å²) in [6.45, 7) is 3.61. The number of halogens is 2. The van der Waals surface area contributed by atoms with Crippen LogP contribution in [0.1, 0.15) is 40.6 Å². The minimum Gasteiger partial charge on any atom is -0.338 e. The van der Waals surface area contributed by atoms with E-state index in [9.17, 15) is 9.59 Å². The Labute approximate surface area is 162 Å². The molecule has 2 heterocycles. The number of carbonyl (C=O) groups is 2. The Bertz CT molecular complexity index is 821. The Balaban J connectivity index is 1.78. The largest absolute Gasteiger partial charge is 0.338 e. The van der Waals surface area contributed by atoms with Gasteiger partial charge in [0.1, 0.15) is 5.69 Å². The Morgan fingerprint density at radius 2 is 1.96 bits per heavy atom. The molecule has 26 heavy (non-hydrogen) atoms. The van der Waals surface area contributed by atoms with Crippen molar-refractivity contribution in [2.24, 2.45) is 5.92 Å². The van der Waals surface area contributed by atoms with E-state index in [0.29, 0.717) is 27.2 Å². The number of hydrogen-bond acceptors (Lipinski definition) is 3. The minimum atomic E-state index is -0.471. The number of aromatic nitrogens is 1. The van der Waals surface area contributed by atoms with E-state index < -0.39 is 5.91 Å². The molecule has 0 bridgehead atoms. The van der Waals surface area contributed by atoms with E-state index in [1.165, 1.54) is 12.3 Å². The van der Waals surface area contributed by atoms with Crippen LogP contribution >= 0.6 is 23.2 Å². The van der Waals surface area contributed by atoms with E-state index in [-0.39, 0.29) is 11.6 Å². The fourth-order valence-electron chi connectivity index (χ4n) is 3.04. The van der Waals surface area contributed by atoms with Gasteiger partial charge in [0.2, 0.25) is 0 Å². The second-order valence-corrected chi connectivity index (χ2v) is 7.29. The number of amides is 2. The molecule has 1 fully saturated rings. The van der Waals surface area contributed by atoms with Gasteiger partial charge >= 0.3 is 0 Å². The standard InChI is InChI=1S/C19H19Cl2N3O2/c1-12-4-3-9-24(11-12)19(26)13-7-8-22-16(10-13)18(25)23-17-14(20)5-2-6-15(17)21/h2,5-8,10,12H,3-4,9,11H2,1H3,(H,23,25). The minimum absolute atomic E-state index is 0.0798. The lowest BCUT2D eigenvalue weighted by Crippen LogP contribution is -2.39. The summed E-state index contributed by atoms with van der Waals surface area (Å²) in [6.07, 6.45) is 3.59. The lowest BCUT2D eigenvalue weighted by Gasteiger charge is -2.31. The molecule has 5 nitrogen and oxygen atoms in total. The van der Waals surface area contributed by atoms with Gasteiger partial charge in [-0.25, -0.2) is 0 Å². The second-order valence-electron chi connectivity index (χ2n) is 6.48. The van der Waals surface area contributed by atoms with Crippen LogP contribution in [0.15, 0.2) is 36.5 Å². The van der Waals surface area contributed by atoms with Crippen molar-refractivity contribution in [3.8, 4) is 0 Å². The van der Waals surface area contributed by atoms with Crippen molar-refractivity contribution >= 4 is 40.7 Å². The maximum Gasteiger partial charge on any atom is 0.274 e. The van der Waals surface area contributed by atoms with Crippen molar-refractivity contribution in [2.45, 2.75) is 19.8 Å². The number of carbonyl (C=O) groups excluding carboxylic acids is 2. The zero-order valence-corrected chi connectivity index (χ0v) is 15.8. The second kappa shape index (κ2) is 8.06. The summed E-state index contributed by atoms with van der Waals surface area (Å²) in [7, 11) is 0. The van der Waals surface area contributed by atoms with E-state index in [1.807, 2.05) is 4.90 Å². The number of likely N-dealkylation sites (tertiary alicyclic amines) is 1. The number of pyridine rings is 1. The highest BCUT2D eigenvalue weighted by molar-refractivity contribution is 6.40. The molecule has 1 aromatic carbocycles. The van der Waals surface area contributed by atoms with Crippen molar-refractivity contribution in [1.29, 1.82) is 0 Å². The molecule has 1 aliphatic rings. The summed E-state index contributed by atoms with van der Waals surface area (Å²) in [5.41, 5.74) is 0.908. The quantitative estimate of drug-likeness (QED) is 0.836. The molecule has 2 aromatic rings. The molecule has 136 valence electrons. The van der Waals surface area contributed by atoms with Crippen LogP contribution in [-0.4, -0.2) is 34.8 Å². The molecule has 0 spiro atoms. The first kappa shape index (κ1) is 18.7. The molecular formula is C19H19Cl2N3O2. The van der Waals surface area contributed by atoms with Gasteiger partial charge in [0.25, 0.3) is 11.8 Å². The van der Waals surface area contributed by atoms with E-state index >= 15 is 0 Å². The molecule has 7 heteroatoms. The zero-order valence-electron chi connectivity index (χ0n) is 14.3. The number of nitrogens with one attached hydrogen (secondary N) is 1. The van der Waals surface area contributed by atoms with Crippen molar-refractivity contribution in [1.82, 2.24) is 9.88 Å². The van der Waals surface area contributed by atoms with Crippen LogP contribution in [0.5, 0.6) is 0 Å². The first-order valence-electron chi connectivity index (χ1n) is 8.46. The van der Waals surface area contributed by atoms with Crippen molar-refractivity contribution < 1.29 is 9.59 Å². The van der Waals surface area contributed by atoms with E-state index in [0.717, 1.165) is 25.9 Å². The number of para-hydroxylation sites is 1. The number of nitrogens with zero attached hydrogens (tertiary/aromatic N) is 2. The van der Waals surface area contributed by atoms with E-state index in [2.05, 4.69) is 17.2 Å². The van der Waals surface area contributed by atoms with Gasteiger partial charge < -0.3 is 10.2 Å². The highest BCUT2D eigenvalue weighted by atomic mass is 35.5. The average molecular weight is 392 g/mol. The normalized spacial score (nSPS) is 17.0. The van der Waals surface area contributed by atoms with Crippen molar-refractivity contribution in [2.75, 3.05) is 18.4 Å². The predicted molar refractivity (Wildman–Crippen MR) is 103 cm³/mol. The van der Waals surface area contributed by atoms with Gasteiger partial charge in [0.15, 0.2) is 0 Å². The third-order valence-corrected chi connectivity index (χ3v) is 5.01. The first-order valence-corrected chi connectivity index (χ1v) is 9.22. The van der Waals surface area contributed by atoms with Gasteiger partial charge in [-0.1, -0.05) is 36.2 Å². The fourth-order valence-corrected chi connectivity index (χ4v) is 3.53. The number of benzene rings is 1. The molecule has 3 rings (SSSR count). The Kier molecular flexibility index (Phi) is 5.79. The number of hydrogen-bond donors (Lipinski definition) is 1. The third kappa shape index (κ3) is 4.17. The Hall–Kier alpha value is -2.11. The highest BCUT2D eigenvalue weighted by Gasteiger charge is 2.23. The summed E-state index contributed by atoms with van der Waals surface area (Å²) in [6, 6.07) is 8.09. The predicted octanol–water partition coefficient (Wildman–Crippen LogP) is 4.51. The summed E-state index contributed by atoms with van der Waals surface area (Å²) in [5.74, 6) is -0.0647. The summed E-state index contributed by atoms with van der Waals surface area (Å²) in [5, 5.41) is 3.32. The molecule has 0 aliphatic carbocycles. The highest BCUT2D eigenvalue weighted by Crippen LogP contribution is 2.30. The summed E-state index contributed by atoms with van der Waals surface area (Å²) < 4.78 is 0. The lowest BCUT2D eigenvalue weighted by atomic mass is 9.99. The molecule has 1 aromatic heterocycles. The van der Waals surface area contributed by atoms with Gasteiger partial charge in [0.05, 0.1) is 15.7 Å². The number of anilines is 1. The Morgan fingerprint density at radius 3 is 2.65 bits per heavy atom. The smallest absolute Gasteiger partial charge is 0.274 e. The van der Waals surface area contributed by atoms with E-state index in [1.54, 1.807) is 24.3 Å². The Morgan fingerprint density at radius 1 is 1.23 bits per heavy atom. The molecule has 1 aliphatic heterocycles. The maximum atomic E-state index is 12.7. The molecule has 1 N–H and O–H groups in total. The molecule has 1 saturated heterocycles. The monoisotopic (exact) mass is 391 g/mol. The number of rotatable bonds is 3. The van der Waals surface area contributed by atoms with Gasteiger partial charge in [-0.3, -0.25) is 14.6 Å². The SMILES string of the molecule is CC1CCCN(C(=O)c2ccnc(C(=O)Nc3c(Cl)cccc3Cl)c2)C1. The van der Waals surface area contributed by atoms with Crippen LogP contribution in [0, 0.1) is 5.92 Å². The first-order chi connectivity index (χ1) is 12.5. The average Bonchev–Trinajstić information content (AvgIpc) is 2.64. The topological polar surface area (TPSA) is 62.3 Å². The molecule has 2 amide bonds. The van der Waals surface area contributed by atoms with E-state index in [4.69, 9.17) is 23.2 Å². The van der Waals surface area contributed by atoms with Crippen LogP contribution < -0.4 is 5.32 Å². The molecule has 0 radical (unpaired) electrons. The number of piperidine rings is 1. The molecule has 1 unspecified atom stereocenters. The lowest BCUT2D eigenvalue weighted by molar-refractivity contribution is 0.0683. The van der Waals surface area contributed by atoms with Gasteiger partial charge in [-0.15, -0.1) is 0 Å². The van der Waals surface area contributed by atoms with Gasteiger partial charge in [0, 0.05) is 24.8 Å². The van der Waals surface area contributed by atoms with Gasteiger partial charge in [-0.05, 0) is 43.0 Å². The molecular weight excluding hydrogens is 373 g/mol. The summed E-state index contributed by atoms with van der Waals surface area (Å²) in [4.78, 5) is 31.1. The van der Waals surface area contributed by atoms with Crippen LogP contribution in [0.2, 0.25) is 10.0 Å². The molecule has 1 atom stereocenters. The molecule has 0 saturated carbocycles. The van der Waals surface area contributed by atoms with Crippen molar-refractivity contribution in [3.63, 3.8) is 0 Å². The van der Waals surface area contributed by atoms with Crippen LogP contribution in [-0.2, 0) is 0 Å². The summed E-state index contributed by atoms with van der Waals surface area (Å²) >= 11 is 12.2. The van der Waals surface area contributed by atoms with Crippen LogP contribution in [0.25, 0.3) is 0 Å². The zero-order chi connectivity index (χ0) is 18.7. The van der Waals surface area contributed by atoms with Crippen molar-refractivity contribution in [3.05, 3.63) is 57.8 Å². The third-order valence-electron chi connectivity index (χ3n) is 4.39. The van der Waals surface area contributed by atoms with Crippen LogP contribution in [0.3, 0.4) is 0 Å².